The van der Waals surface area contributed by atoms with E-state index in [1.807, 2.05) is 36.4 Å². The Morgan fingerprint density at radius 2 is 2.05 bits per heavy atom. The number of aromatic hydroxyl groups is 1. The molecule has 0 radical (unpaired) electrons. The van der Waals surface area contributed by atoms with Crippen molar-refractivity contribution in [3.63, 3.8) is 0 Å². The van der Waals surface area contributed by atoms with E-state index in [2.05, 4.69) is 0 Å². The minimum atomic E-state index is -0.308. The van der Waals surface area contributed by atoms with Crippen molar-refractivity contribution in [3.8, 4) is 11.9 Å². The first-order chi connectivity index (χ1) is 10.6. The molecule has 0 bridgehead atoms. The Morgan fingerprint density at radius 1 is 1.32 bits per heavy atom. The minimum absolute atomic E-state index is 0.143. The van der Waals surface area contributed by atoms with Crippen LogP contribution >= 0.6 is 0 Å². The highest BCUT2D eigenvalue weighted by molar-refractivity contribution is 5.43. The van der Waals surface area contributed by atoms with Crippen molar-refractivity contribution in [2.24, 2.45) is 0 Å². The molecule has 2 rings (SSSR count). The molecule has 1 aromatic heterocycles. The van der Waals surface area contributed by atoms with Crippen LogP contribution in [0.5, 0.6) is 5.88 Å². The predicted octanol–water partition coefficient (Wildman–Crippen LogP) is 2.34. The second-order valence-electron chi connectivity index (χ2n) is 5.02. The number of benzene rings is 1. The van der Waals surface area contributed by atoms with Crippen LogP contribution in [-0.2, 0) is 17.9 Å². The second kappa shape index (κ2) is 7.43. The fraction of sp³-hybridized carbons (Fsp3) is 0.294. The maximum Gasteiger partial charge on any atom is 0.253 e. The van der Waals surface area contributed by atoms with E-state index in [9.17, 15) is 9.90 Å². The fourth-order valence-corrected chi connectivity index (χ4v) is 2.19. The van der Waals surface area contributed by atoms with Crippen LogP contribution in [-0.4, -0.2) is 16.3 Å². The van der Waals surface area contributed by atoms with Gasteiger partial charge in [-0.05, 0) is 24.5 Å². The third-order valence-corrected chi connectivity index (χ3v) is 3.37. The molecule has 114 valence electrons. The Morgan fingerprint density at radius 3 is 2.73 bits per heavy atom. The third-order valence-electron chi connectivity index (χ3n) is 3.37. The highest BCUT2D eigenvalue weighted by Gasteiger charge is 2.11. The number of nitriles is 1. The third kappa shape index (κ3) is 3.74. The van der Waals surface area contributed by atoms with Crippen LogP contribution in [0.2, 0.25) is 0 Å². The molecular formula is C17H18N2O3. The van der Waals surface area contributed by atoms with E-state index in [1.165, 1.54) is 10.6 Å². The first-order valence-electron chi connectivity index (χ1n) is 7.08. The van der Waals surface area contributed by atoms with E-state index in [0.29, 0.717) is 31.7 Å². The summed E-state index contributed by atoms with van der Waals surface area (Å²) in [7, 11) is 0. The minimum Gasteiger partial charge on any atom is -0.493 e. The van der Waals surface area contributed by atoms with Gasteiger partial charge < -0.3 is 9.84 Å². The zero-order valence-corrected chi connectivity index (χ0v) is 12.5. The van der Waals surface area contributed by atoms with E-state index in [-0.39, 0.29) is 17.0 Å². The van der Waals surface area contributed by atoms with Gasteiger partial charge in [-0.1, -0.05) is 30.3 Å². The normalized spacial score (nSPS) is 10.4. The molecule has 0 atom stereocenters. The van der Waals surface area contributed by atoms with Crippen LogP contribution in [0, 0.1) is 18.3 Å². The van der Waals surface area contributed by atoms with Crippen molar-refractivity contribution in [1.29, 1.82) is 5.26 Å². The van der Waals surface area contributed by atoms with E-state index in [0.717, 1.165) is 5.56 Å². The molecule has 1 aromatic carbocycles. The molecule has 2 aromatic rings. The summed E-state index contributed by atoms with van der Waals surface area (Å²) in [6, 6.07) is 13.1. The Labute approximate surface area is 129 Å². The lowest BCUT2D eigenvalue weighted by Gasteiger charge is -2.11. The maximum atomic E-state index is 11.9. The number of hydrogen-bond donors (Lipinski definition) is 1. The molecular weight excluding hydrogens is 280 g/mol. The number of ether oxygens (including phenoxy) is 1. The summed E-state index contributed by atoms with van der Waals surface area (Å²) in [5.41, 5.74) is 1.41. The summed E-state index contributed by atoms with van der Waals surface area (Å²) in [5, 5.41) is 19.0. The van der Waals surface area contributed by atoms with E-state index in [4.69, 9.17) is 10.00 Å². The molecule has 0 unspecified atom stereocenters. The molecule has 0 fully saturated rings. The summed E-state index contributed by atoms with van der Waals surface area (Å²) < 4.78 is 6.75. The van der Waals surface area contributed by atoms with Crippen molar-refractivity contribution >= 4 is 0 Å². The van der Waals surface area contributed by atoms with Crippen LogP contribution in [0.25, 0.3) is 0 Å². The van der Waals surface area contributed by atoms with Gasteiger partial charge >= 0.3 is 0 Å². The summed E-state index contributed by atoms with van der Waals surface area (Å²) >= 11 is 0. The van der Waals surface area contributed by atoms with Gasteiger partial charge in [0.1, 0.15) is 11.6 Å². The lowest BCUT2D eigenvalue weighted by atomic mass is 10.1. The van der Waals surface area contributed by atoms with Crippen molar-refractivity contribution in [3.05, 3.63) is 63.4 Å². The number of pyridine rings is 1. The number of hydrogen-bond acceptors (Lipinski definition) is 4. The highest BCUT2D eigenvalue weighted by atomic mass is 16.5. The van der Waals surface area contributed by atoms with Crippen LogP contribution in [0.15, 0.2) is 41.2 Å². The number of nitrogens with zero attached hydrogens (tertiary/aromatic N) is 2. The lowest BCUT2D eigenvalue weighted by Crippen LogP contribution is -2.21. The van der Waals surface area contributed by atoms with Gasteiger partial charge in [-0.15, -0.1) is 0 Å². The smallest absolute Gasteiger partial charge is 0.253 e. The summed E-state index contributed by atoms with van der Waals surface area (Å²) in [6.07, 6.45) is 0.578. The summed E-state index contributed by atoms with van der Waals surface area (Å²) in [5.74, 6) is -0.268. The molecule has 0 amide bonds. The van der Waals surface area contributed by atoms with E-state index >= 15 is 0 Å². The van der Waals surface area contributed by atoms with Crippen molar-refractivity contribution in [1.82, 2.24) is 4.57 Å². The number of aromatic nitrogens is 1. The Bertz CT molecular complexity index is 730. The maximum absolute atomic E-state index is 11.9. The van der Waals surface area contributed by atoms with Crippen molar-refractivity contribution in [2.75, 3.05) is 6.61 Å². The van der Waals surface area contributed by atoms with Gasteiger partial charge in [0.15, 0.2) is 0 Å². The molecule has 0 saturated carbocycles. The molecule has 5 heteroatoms. The lowest BCUT2D eigenvalue weighted by molar-refractivity contribution is 0.115. The van der Waals surface area contributed by atoms with E-state index < -0.39 is 0 Å². The van der Waals surface area contributed by atoms with Crippen LogP contribution in [0.1, 0.15) is 23.1 Å². The quantitative estimate of drug-likeness (QED) is 0.831. The Balaban J connectivity index is 1.90. The van der Waals surface area contributed by atoms with Crippen molar-refractivity contribution in [2.45, 2.75) is 26.5 Å². The zero-order chi connectivity index (χ0) is 15.9. The van der Waals surface area contributed by atoms with Gasteiger partial charge in [0.05, 0.1) is 6.61 Å². The molecule has 0 saturated heterocycles. The summed E-state index contributed by atoms with van der Waals surface area (Å²) in [4.78, 5) is 11.9. The average Bonchev–Trinajstić information content (AvgIpc) is 2.51. The van der Waals surface area contributed by atoms with Crippen LogP contribution in [0.3, 0.4) is 0 Å². The molecule has 1 N–H and O–H groups in total. The molecule has 1 heterocycles. The highest BCUT2D eigenvalue weighted by Crippen LogP contribution is 2.17. The van der Waals surface area contributed by atoms with Crippen LogP contribution < -0.4 is 5.56 Å². The van der Waals surface area contributed by atoms with E-state index in [1.54, 1.807) is 6.92 Å². The Kier molecular flexibility index (Phi) is 5.34. The molecule has 5 nitrogen and oxygen atoms in total. The SMILES string of the molecule is Cc1cc(=O)n(CCCOCc2ccccc2)c(O)c1C#N. The standard InChI is InChI=1S/C17H18N2O3/c1-13-10-16(20)19(17(21)15(13)11-18)8-5-9-22-12-14-6-3-2-4-7-14/h2-4,6-7,10,21H,5,8-9,12H2,1H3. The average molecular weight is 298 g/mol. The topological polar surface area (TPSA) is 75.2 Å². The first kappa shape index (κ1) is 15.8. The van der Waals surface area contributed by atoms with Gasteiger partial charge in [0.25, 0.3) is 5.56 Å². The largest absolute Gasteiger partial charge is 0.493 e. The molecule has 0 spiro atoms. The summed E-state index contributed by atoms with van der Waals surface area (Å²) in [6.45, 7) is 2.93. The van der Waals surface area contributed by atoms with Crippen molar-refractivity contribution < 1.29 is 9.84 Å². The van der Waals surface area contributed by atoms with Gasteiger partial charge in [-0.3, -0.25) is 9.36 Å². The van der Waals surface area contributed by atoms with Gasteiger partial charge in [-0.2, -0.15) is 5.26 Å². The first-order valence-corrected chi connectivity index (χ1v) is 7.08. The second-order valence-corrected chi connectivity index (χ2v) is 5.02. The molecule has 0 aliphatic carbocycles. The molecule has 0 aliphatic rings. The Hall–Kier alpha value is -2.58. The molecule has 22 heavy (non-hydrogen) atoms. The van der Waals surface area contributed by atoms with Gasteiger partial charge in [0, 0.05) is 19.2 Å². The molecule has 0 aliphatic heterocycles. The van der Waals surface area contributed by atoms with Gasteiger partial charge in [-0.25, -0.2) is 0 Å². The zero-order valence-electron chi connectivity index (χ0n) is 12.5. The monoisotopic (exact) mass is 298 g/mol. The predicted molar refractivity (Wildman–Crippen MR) is 82.5 cm³/mol. The fourth-order valence-electron chi connectivity index (χ4n) is 2.19. The number of aryl methyl sites for hydroxylation is 1. The van der Waals surface area contributed by atoms with Crippen LogP contribution in [0.4, 0.5) is 0 Å². The van der Waals surface area contributed by atoms with Gasteiger partial charge in [0.2, 0.25) is 5.88 Å². The number of rotatable bonds is 6.